The van der Waals surface area contributed by atoms with Crippen LogP contribution in [0.15, 0.2) is 36.4 Å². The average Bonchev–Trinajstić information content (AvgIpc) is 2.78. The first kappa shape index (κ1) is 10.4. The molecule has 15 heavy (non-hydrogen) atoms. The number of rotatable bonds is 3. The molecular weight excluding hydrogens is 252 g/mol. The van der Waals surface area contributed by atoms with Crippen molar-refractivity contribution >= 4 is 15.9 Å². The lowest BCUT2D eigenvalue weighted by Crippen LogP contribution is -1.93. The molecule has 0 aliphatic carbocycles. The Morgan fingerprint density at radius 3 is 2.73 bits per heavy atom. The van der Waals surface area contributed by atoms with E-state index in [0.29, 0.717) is 5.92 Å². The summed E-state index contributed by atoms with van der Waals surface area (Å²) in [5, 5.41) is 8.33. The zero-order valence-electron chi connectivity index (χ0n) is 8.57. The number of halogens is 1. The topological polar surface area (TPSA) is 28.7 Å². The number of hydrogen-bond acceptors (Lipinski definition) is 1. The molecule has 1 heterocycles. The van der Waals surface area contributed by atoms with E-state index in [0.717, 1.165) is 16.6 Å². The molecule has 2 rings (SSSR count). The second kappa shape index (κ2) is 4.62. The first-order valence-electron chi connectivity index (χ1n) is 4.98. The Kier molecular flexibility index (Phi) is 3.21. The summed E-state index contributed by atoms with van der Waals surface area (Å²) in [6.07, 6.45) is 0. The molecule has 0 bridgehead atoms. The second-order valence-electron chi connectivity index (χ2n) is 3.63. The molecule has 1 unspecified atom stereocenters. The second-order valence-corrected chi connectivity index (χ2v) is 4.28. The van der Waals surface area contributed by atoms with Crippen LogP contribution in [0.4, 0.5) is 0 Å². The monoisotopic (exact) mass is 264 g/mol. The fourth-order valence-corrected chi connectivity index (χ4v) is 1.78. The maximum absolute atomic E-state index is 4.31. The molecule has 0 aliphatic heterocycles. The molecule has 0 spiro atoms. The van der Waals surface area contributed by atoms with Gasteiger partial charge in [-0.1, -0.05) is 53.2 Å². The highest BCUT2D eigenvalue weighted by molar-refractivity contribution is 9.09. The molecule has 1 N–H and O–H groups in total. The highest BCUT2D eigenvalue weighted by Gasteiger charge is 2.08. The number of aromatic amines is 1. The fourth-order valence-electron chi connectivity index (χ4n) is 1.43. The molecule has 2 aromatic rings. The summed E-state index contributed by atoms with van der Waals surface area (Å²) in [7, 11) is 0. The van der Waals surface area contributed by atoms with Crippen molar-refractivity contribution in [1.29, 1.82) is 0 Å². The van der Waals surface area contributed by atoms with E-state index in [1.807, 2.05) is 18.2 Å². The first-order valence-corrected chi connectivity index (χ1v) is 6.10. The van der Waals surface area contributed by atoms with Crippen LogP contribution < -0.4 is 0 Å². The number of H-pyrrole nitrogens is 1. The molecule has 0 amide bonds. The number of aromatic nitrogens is 2. The summed E-state index contributed by atoms with van der Waals surface area (Å²) in [5.41, 5.74) is 3.34. The minimum atomic E-state index is 0.468. The summed E-state index contributed by atoms with van der Waals surface area (Å²) in [6, 6.07) is 12.3. The van der Waals surface area contributed by atoms with E-state index in [9.17, 15) is 0 Å². The van der Waals surface area contributed by atoms with E-state index in [-0.39, 0.29) is 0 Å². The van der Waals surface area contributed by atoms with E-state index in [1.165, 1.54) is 5.69 Å². The Morgan fingerprint density at radius 2 is 2.07 bits per heavy atom. The van der Waals surface area contributed by atoms with Crippen LogP contribution in [0.2, 0.25) is 0 Å². The van der Waals surface area contributed by atoms with Crippen LogP contribution >= 0.6 is 15.9 Å². The molecule has 0 saturated heterocycles. The van der Waals surface area contributed by atoms with Gasteiger partial charge in [0, 0.05) is 22.5 Å². The highest BCUT2D eigenvalue weighted by Crippen LogP contribution is 2.21. The van der Waals surface area contributed by atoms with Gasteiger partial charge in [0.1, 0.15) is 0 Å². The van der Waals surface area contributed by atoms with Crippen molar-refractivity contribution in [2.75, 3.05) is 5.33 Å². The van der Waals surface area contributed by atoms with Crippen LogP contribution in [-0.4, -0.2) is 15.5 Å². The predicted molar refractivity (Wildman–Crippen MR) is 66.2 cm³/mol. The number of nitrogens with one attached hydrogen (secondary N) is 1. The molecule has 1 aromatic carbocycles. The van der Waals surface area contributed by atoms with E-state index in [4.69, 9.17) is 0 Å². The Bertz CT molecular complexity index is 422. The van der Waals surface area contributed by atoms with Gasteiger partial charge in [0.05, 0.1) is 5.69 Å². The quantitative estimate of drug-likeness (QED) is 0.844. The van der Waals surface area contributed by atoms with E-state index in [1.54, 1.807) is 0 Å². The van der Waals surface area contributed by atoms with Crippen molar-refractivity contribution in [3.8, 4) is 11.3 Å². The van der Waals surface area contributed by atoms with E-state index >= 15 is 0 Å². The van der Waals surface area contributed by atoms with Gasteiger partial charge in [0.15, 0.2) is 0 Å². The molecule has 78 valence electrons. The van der Waals surface area contributed by atoms with Gasteiger partial charge in [0.25, 0.3) is 0 Å². The molecule has 1 aromatic heterocycles. The summed E-state index contributed by atoms with van der Waals surface area (Å²) >= 11 is 3.47. The van der Waals surface area contributed by atoms with Crippen LogP contribution in [0, 0.1) is 0 Å². The molecule has 0 aliphatic rings. The van der Waals surface area contributed by atoms with Crippen molar-refractivity contribution in [2.45, 2.75) is 12.8 Å². The van der Waals surface area contributed by atoms with Crippen LogP contribution in [0.3, 0.4) is 0 Å². The molecule has 1 atom stereocenters. The van der Waals surface area contributed by atoms with Crippen molar-refractivity contribution in [3.05, 3.63) is 42.1 Å². The van der Waals surface area contributed by atoms with Gasteiger partial charge in [-0.15, -0.1) is 0 Å². The lowest BCUT2D eigenvalue weighted by Gasteiger charge is -2.01. The third-order valence-electron chi connectivity index (χ3n) is 2.43. The highest BCUT2D eigenvalue weighted by atomic mass is 79.9. The predicted octanol–water partition coefficient (Wildman–Crippen LogP) is 3.58. The van der Waals surface area contributed by atoms with Gasteiger partial charge in [-0.3, -0.25) is 5.10 Å². The third-order valence-corrected chi connectivity index (χ3v) is 3.40. The lowest BCUT2D eigenvalue weighted by molar-refractivity contribution is 0.827. The maximum Gasteiger partial charge on any atom is 0.0923 e. The van der Waals surface area contributed by atoms with Crippen molar-refractivity contribution in [3.63, 3.8) is 0 Å². The Balaban J connectivity index is 2.28. The van der Waals surface area contributed by atoms with E-state index in [2.05, 4.69) is 51.3 Å². The van der Waals surface area contributed by atoms with Gasteiger partial charge < -0.3 is 0 Å². The van der Waals surface area contributed by atoms with Crippen LogP contribution in [-0.2, 0) is 0 Å². The zero-order valence-corrected chi connectivity index (χ0v) is 10.2. The third kappa shape index (κ3) is 2.29. The normalized spacial score (nSPS) is 12.7. The van der Waals surface area contributed by atoms with Gasteiger partial charge >= 0.3 is 0 Å². The standard InChI is InChI=1S/C12H13BrN2/c1-9(8-13)11-7-12(15-14-11)10-5-3-2-4-6-10/h2-7,9H,8H2,1H3,(H,14,15). The summed E-state index contributed by atoms with van der Waals surface area (Å²) < 4.78 is 0. The van der Waals surface area contributed by atoms with Crippen molar-refractivity contribution in [1.82, 2.24) is 10.2 Å². The Hall–Kier alpha value is -1.09. The Labute approximate surface area is 97.8 Å². The number of alkyl halides is 1. The fraction of sp³-hybridized carbons (Fsp3) is 0.250. The van der Waals surface area contributed by atoms with E-state index < -0.39 is 0 Å². The SMILES string of the molecule is CC(CBr)c1cc(-c2ccccc2)n[nH]1. The average molecular weight is 265 g/mol. The molecular formula is C12H13BrN2. The number of hydrogen-bond donors (Lipinski definition) is 1. The van der Waals surface area contributed by atoms with Crippen molar-refractivity contribution < 1.29 is 0 Å². The Morgan fingerprint density at radius 1 is 1.33 bits per heavy atom. The van der Waals surface area contributed by atoms with Crippen LogP contribution in [0.25, 0.3) is 11.3 Å². The van der Waals surface area contributed by atoms with Crippen LogP contribution in [0.5, 0.6) is 0 Å². The van der Waals surface area contributed by atoms with Crippen LogP contribution in [0.1, 0.15) is 18.5 Å². The van der Waals surface area contributed by atoms with Gasteiger partial charge in [-0.25, -0.2) is 0 Å². The molecule has 2 nitrogen and oxygen atoms in total. The minimum absolute atomic E-state index is 0.468. The molecule has 0 fully saturated rings. The lowest BCUT2D eigenvalue weighted by atomic mass is 10.1. The molecule has 3 heteroatoms. The van der Waals surface area contributed by atoms with Gasteiger partial charge in [-0.2, -0.15) is 5.10 Å². The summed E-state index contributed by atoms with van der Waals surface area (Å²) in [6.45, 7) is 2.16. The molecule has 0 saturated carbocycles. The summed E-state index contributed by atoms with van der Waals surface area (Å²) in [5.74, 6) is 0.468. The number of benzene rings is 1. The first-order chi connectivity index (χ1) is 7.31. The molecule has 0 radical (unpaired) electrons. The smallest absolute Gasteiger partial charge is 0.0923 e. The number of nitrogens with zero attached hydrogens (tertiary/aromatic N) is 1. The van der Waals surface area contributed by atoms with Crippen molar-refractivity contribution in [2.24, 2.45) is 0 Å². The zero-order chi connectivity index (χ0) is 10.7. The van der Waals surface area contributed by atoms with Gasteiger partial charge in [0.2, 0.25) is 0 Å². The minimum Gasteiger partial charge on any atom is -0.282 e. The summed E-state index contributed by atoms with van der Waals surface area (Å²) in [4.78, 5) is 0. The van der Waals surface area contributed by atoms with Gasteiger partial charge in [-0.05, 0) is 6.07 Å². The largest absolute Gasteiger partial charge is 0.282 e. The maximum atomic E-state index is 4.31.